The molecule has 0 amide bonds. The minimum atomic E-state index is 0.629. The van der Waals surface area contributed by atoms with Gasteiger partial charge < -0.3 is 4.57 Å². The summed E-state index contributed by atoms with van der Waals surface area (Å²) in [5, 5.41) is 4.65. The molecule has 0 unspecified atom stereocenters. The van der Waals surface area contributed by atoms with Crippen LogP contribution in [0.3, 0.4) is 0 Å². The number of halogens is 1. The molecule has 110 valence electrons. The lowest BCUT2D eigenvalue weighted by molar-refractivity contribution is 0.275. The number of rotatable bonds is 6. The molecule has 0 atom stereocenters. The molecule has 4 nitrogen and oxygen atoms in total. The third-order valence-corrected chi connectivity index (χ3v) is 4.53. The Morgan fingerprint density at radius 3 is 2.70 bits per heavy atom. The molecule has 0 saturated heterocycles. The van der Waals surface area contributed by atoms with Gasteiger partial charge in [0.15, 0.2) is 5.65 Å². The van der Waals surface area contributed by atoms with E-state index >= 15 is 0 Å². The fraction of sp³-hybridized carbons (Fsp3) is 0.733. The first-order valence-electron chi connectivity index (χ1n) is 7.71. The Morgan fingerprint density at radius 2 is 2.10 bits per heavy atom. The van der Waals surface area contributed by atoms with Crippen LogP contribution in [0.2, 0.25) is 0 Å². The minimum Gasteiger partial charge on any atom is -0.313 e. The number of hydrogen-bond donors (Lipinski definition) is 0. The van der Waals surface area contributed by atoms with Crippen molar-refractivity contribution in [2.75, 3.05) is 5.88 Å². The summed E-state index contributed by atoms with van der Waals surface area (Å²) >= 11 is 5.95. The van der Waals surface area contributed by atoms with E-state index in [0.29, 0.717) is 5.88 Å². The number of alkyl halides is 1. The van der Waals surface area contributed by atoms with Gasteiger partial charge in [0.25, 0.3) is 0 Å². The van der Waals surface area contributed by atoms with Crippen molar-refractivity contribution >= 4 is 22.8 Å². The van der Waals surface area contributed by atoms with Crippen molar-refractivity contribution in [1.82, 2.24) is 19.3 Å². The lowest BCUT2D eigenvalue weighted by atomic mass is 9.85. The lowest BCUT2D eigenvalue weighted by Gasteiger charge is -2.26. The summed E-state index contributed by atoms with van der Waals surface area (Å²) in [6.07, 6.45) is 7.01. The summed E-state index contributed by atoms with van der Waals surface area (Å²) in [4.78, 5) is 4.85. The second-order valence-corrected chi connectivity index (χ2v) is 6.25. The molecule has 2 heterocycles. The van der Waals surface area contributed by atoms with E-state index in [0.717, 1.165) is 48.8 Å². The normalized spacial score (nSPS) is 15.9. The zero-order valence-corrected chi connectivity index (χ0v) is 13.2. The topological polar surface area (TPSA) is 35.6 Å². The fourth-order valence-corrected chi connectivity index (χ4v) is 3.26. The molecular weight excluding hydrogens is 272 g/mol. The van der Waals surface area contributed by atoms with Crippen LogP contribution in [0.25, 0.3) is 11.2 Å². The van der Waals surface area contributed by atoms with Gasteiger partial charge in [-0.25, -0.2) is 4.98 Å². The van der Waals surface area contributed by atoms with Crippen LogP contribution in [-0.4, -0.2) is 25.2 Å². The van der Waals surface area contributed by atoms with Crippen molar-refractivity contribution < 1.29 is 0 Å². The Bertz CT molecular complexity index is 595. The van der Waals surface area contributed by atoms with E-state index in [4.69, 9.17) is 16.6 Å². The number of aromatic nitrogens is 4. The van der Waals surface area contributed by atoms with Gasteiger partial charge in [-0.05, 0) is 25.2 Å². The summed E-state index contributed by atoms with van der Waals surface area (Å²) in [5.74, 6) is 2.57. The summed E-state index contributed by atoms with van der Waals surface area (Å²) in [5.41, 5.74) is 3.41. The van der Waals surface area contributed by atoms with Gasteiger partial charge in [-0.2, -0.15) is 5.10 Å². The molecule has 0 aromatic carbocycles. The SMILES string of the molecule is CCCc1nn(C)c2c1nc(CCCl)n2CC1CCC1. The predicted octanol–water partition coefficient (Wildman–Crippen LogP) is 3.30. The Morgan fingerprint density at radius 1 is 1.30 bits per heavy atom. The van der Waals surface area contributed by atoms with E-state index in [-0.39, 0.29) is 0 Å². The molecule has 20 heavy (non-hydrogen) atoms. The average molecular weight is 295 g/mol. The van der Waals surface area contributed by atoms with Crippen molar-refractivity contribution in [2.45, 2.75) is 52.0 Å². The van der Waals surface area contributed by atoms with Crippen LogP contribution in [0.4, 0.5) is 0 Å². The first kappa shape index (κ1) is 13.9. The molecular formula is C15H23ClN4. The second-order valence-electron chi connectivity index (χ2n) is 5.87. The first-order valence-corrected chi connectivity index (χ1v) is 8.25. The number of nitrogens with zero attached hydrogens (tertiary/aromatic N) is 4. The van der Waals surface area contributed by atoms with E-state index in [1.807, 2.05) is 11.7 Å². The molecule has 0 spiro atoms. The number of fused-ring (bicyclic) bond motifs is 1. The van der Waals surface area contributed by atoms with Gasteiger partial charge in [-0.1, -0.05) is 19.8 Å². The molecule has 2 aromatic rings. The maximum Gasteiger partial charge on any atom is 0.158 e. The van der Waals surface area contributed by atoms with Gasteiger partial charge in [0.1, 0.15) is 11.3 Å². The van der Waals surface area contributed by atoms with Crippen LogP contribution in [0.1, 0.15) is 44.1 Å². The summed E-state index contributed by atoms with van der Waals surface area (Å²) in [6.45, 7) is 3.26. The molecule has 0 bridgehead atoms. The largest absolute Gasteiger partial charge is 0.313 e. The van der Waals surface area contributed by atoms with Gasteiger partial charge in [0.2, 0.25) is 0 Å². The summed E-state index contributed by atoms with van der Waals surface area (Å²) in [7, 11) is 2.03. The summed E-state index contributed by atoms with van der Waals surface area (Å²) in [6, 6.07) is 0. The number of imidazole rings is 1. The van der Waals surface area contributed by atoms with Crippen LogP contribution in [0.15, 0.2) is 0 Å². The molecule has 3 rings (SSSR count). The highest BCUT2D eigenvalue weighted by atomic mass is 35.5. The molecule has 1 saturated carbocycles. The van der Waals surface area contributed by atoms with Crippen molar-refractivity contribution in [2.24, 2.45) is 13.0 Å². The highest BCUT2D eigenvalue weighted by molar-refractivity contribution is 6.17. The Balaban J connectivity index is 2.04. The standard InChI is InChI=1S/C15H23ClN4/c1-3-5-12-14-15(19(2)18-12)20(10-11-6-4-7-11)13(17-14)8-9-16/h11H,3-10H2,1-2H3. The Hall–Kier alpha value is -1.03. The maximum absolute atomic E-state index is 5.95. The Labute approximate surface area is 125 Å². The van der Waals surface area contributed by atoms with Gasteiger partial charge in [-0.3, -0.25) is 4.68 Å². The van der Waals surface area contributed by atoms with E-state index < -0.39 is 0 Å². The molecule has 1 aliphatic carbocycles. The Kier molecular flexibility index (Phi) is 4.01. The number of aryl methyl sites for hydroxylation is 3. The molecule has 0 N–H and O–H groups in total. The van der Waals surface area contributed by atoms with E-state index in [1.165, 1.54) is 24.9 Å². The smallest absolute Gasteiger partial charge is 0.158 e. The molecule has 0 aliphatic heterocycles. The highest BCUT2D eigenvalue weighted by Crippen LogP contribution is 2.30. The van der Waals surface area contributed by atoms with E-state index in [1.54, 1.807) is 0 Å². The van der Waals surface area contributed by atoms with Crippen LogP contribution in [0.5, 0.6) is 0 Å². The van der Waals surface area contributed by atoms with Crippen LogP contribution >= 0.6 is 11.6 Å². The van der Waals surface area contributed by atoms with Crippen molar-refractivity contribution in [1.29, 1.82) is 0 Å². The molecule has 1 fully saturated rings. The minimum absolute atomic E-state index is 0.629. The third kappa shape index (κ3) is 2.34. The van der Waals surface area contributed by atoms with Gasteiger partial charge in [0.05, 0.1) is 5.69 Å². The van der Waals surface area contributed by atoms with Crippen LogP contribution < -0.4 is 0 Å². The number of hydrogen-bond acceptors (Lipinski definition) is 2. The quantitative estimate of drug-likeness (QED) is 0.766. The van der Waals surface area contributed by atoms with Crippen molar-refractivity contribution in [3.05, 3.63) is 11.5 Å². The molecule has 2 aromatic heterocycles. The van der Waals surface area contributed by atoms with Crippen LogP contribution in [-0.2, 0) is 26.4 Å². The summed E-state index contributed by atoms with van der Waals surface area (Å²) < 4.78 is 4.37. The van der Waals surface area contributed by atoms with Crippen molar-refractivity contribution in [3.63, 3.8) is 0 Å². The predicted molar refractivity (Wildman–Crippen MR) is 82.3 cm³/mol. The first-order chi connectivity index (χ1) is 9.74. The van der Waals surface area contributed by atoms with E-state index in [2.05, 4.69) is 16.6 Å². The highest BCUT2D eigenvalue weighted by Gasteiger charge is 2.23. The van der Waals surface area contributed by atoms with Gasteiger partial charge in [-0.15, -0.1) is 11.6 Å². The second kappa shape index (κ2) is 5.76. The zero-order valence-electron chi connectivity index (χ0n) is 12.4. The molecule has 1 aliphatic rings. The van der Waals surface area contributed by atoms with Crippen molar-refractivity contribution in [3.8, 4) is 0 Å². The molecule has 0 radical (unpaired) electrons. The third-order valence-electron chi connectivity index (χ3n) is 4.34. The van der Waals surface area contributed by atoms with Crippen LogP contribution in [0, 0.1) is 5.92 Å². The average Bonchev–Trinajstić information content (AvgIpc) is 2.85. The molecule has 5 heteroatoms. The van der Waals surface area contributed by atoms with E-state index in [9.17, 15) is 0 Å². The monoisotopic (exact) mass is 294 g/mol. The van der Waals surface area contributed by atoms with Gasteiger partial charge in [0, 0.05) is 25.9 Å². The maximum atomic E-state index is 5.95. The van der Waals surface area contributed by atoms with Gasteiger partial charge >= 0.3 is 0 Å². The fourth-order valence-electron chi connectivity index (χ4n) is 3.09. The lowest BCUT2D eigenvalue weighted by Crippen LogP contribution is -2.20. The zero-order chi connectivity index (χ0) is 14.1.